The van der Waals surface area contributed by atoms with Gasteiger partial charge in [0.05, 0.1) is 13.2 Å². The fraction of sp³-hybridized carbons (Fsp3) is 0.588. The van der Waals surface area contributed by atoms with E-state index in [-0.39, 0.29) is 5.91 Å². The van der Waals surface area contributed by atoms with E-state index in [4.69, 9.17) is 4.74 Å². The smallest absolute Gasteiger partial charge is 0.236 e. The van der Waals surface area contributed by atoms with Crippen LogP contribution < -0.4 is 10.1 Å². The lowest BCUT2D eigenvalue weighted by molar-refractivity contribution is -0.132. The summed E-state index contributed by atoms with van der Waals surface area (Å²) in [5.74, 6) is 1.04. The Hall–Kier alpha value is -1.59. The molecule has 1 aliphatic heterocycles. The molecule has 2 rings (SSSR count). The second-order valence-corrected chi connectivity index (χ2v) is 5.85. The summed E-state index contributed by atoms with van der Waals surface area (Å²) in [6, 6.07) is 8.35. The highest BCUT2D eigenvalue weighted by molar-refractivity contribution is 5.78. The van der Waals surface area contributed by atoms with Gasteiger partial charge in [-0.1, -0.05) is 12.1 Å². The molecule has 1 aliphatic rings. The number of carbonyl (C=O) groups excluding carboxylic acids is 1. The van der Waals surface area contributed by atoms with Crippen LogP contribution in [0, 0.1) is 0 Å². The number of benzene rings is 1. The molecule has 0 saturated carbocycles. The Bertz CT molecular complexity index is 475. The van der Waals surface area contributed by atoms with Crippen LogP contribution in [0.1, 0.15) is 19.4 Å². The van der Waals surface area contributed by atoms with Gasteiger partial charge in [0.2, 0.25) is 5.91 Å². The number of ether oxygens (including phenoxy) is 1. The number of hydrogen-bond acceptors (Lipinski definition) is 4. The van der Waals surface area contributed by atoms with Gasteiger partial charge in [0, 0.05) is 39.3 Å². The van der Waals surface area contributed by atoms with Crippen LogP contribution in [0.25, 0.3) is 0 Å². The normalized spacial score (nSPS) is 19.0. The van der Waals surface area contributed by atoms with Crippen LogP contribution in [-0.4, -0.2) is 61.6 Å². The molecule has 1 saturated heterocycles. The van der Waals surface area contributed by atoms with Crippen molar-refractivity contribution in [1.29, 1.82) is 0 Å². The van der Waals surface area contributed by atoms with Crippen LogP contribution in [0.15, 0.2) is 24.3 Å². The Kier molecular flexibility index (Phi) is 6.21. The van der Waals surface area contributed by atoms with E-state index in [9.17, 15) is 4.79 Å². The van der Waals surface area contributed by atoms with Crippen molar-refractivity contribution in [2.24, 2.45) is 0 Å². The van der Waals surface area contributed by atoms with E-state index < -0.39 is 0 Å². The predicted molar refractivity (Wildman–Crippen MR) is 88.0 cm³/mol. The molecule has 0 unspecified atom stereocenters. The van der Waals surface area contributed by atoms with E-state index in [1.165, 1.54) is 0 Å². The average Bonchev–Trinajstić information content (AvgIpc) is 2.51. The topological polar surface area (TPSA) is 44.8 Å². The molecule has 1 amide bonds. The molecular formula is C17H27N3O2. The Morgan fingerprint density at radius 2 is 2.14 bits per heavy atom. The largest absolute Gasteiger partial charge is 0.494 e. The summed E-state index contributed by atoms with van der Waals surface area (Å²) in [6.07, 6.45) is 0. The monoisotopic (exact) mass is 305 g/mol. The minimum absolute atomic E-state index is 0.169. The number of carbonyl (C=O) groups is 1. The van der Waals surface area contributed by atoms with Gasteiger partial charge < -0.3 is 15.0 Å². The SMILES string of the molecule is CCOc1ccc(CN(C)C(=O)CN2CCNC[C@H]2C)cc1. The minimum Gasteiger partial charge on any atom is -0.494 e. The number of nitrogens with zero attached hydrogens (tertiary/aromatic N) is 2. The van der Waals surface area contributed by atoms with Crippen molar-refractivity contribution in [3.8, 4) is 5.75 Å². The fourth-order valence-corrected chi connectivity index (χ4v) is 2.63. The molecule has 0 radical (unpaired) electrons. The Balaban J connectivity index is 1.85. The molecule has 0 aliphatic carbocycles. The molecule has 1 fully saturated rings. The fourth-order valence-electron chi connectivity index (χ4n) is 2.63. The molecule has 5 heteroatoms. The van der Waals surface area contributed by atoms with Gasteiger partial charge in [-0.3, -0.25) is 9.69 Å². The Morgan fingerprint density at radius 1 is 1.41 bits per heavy atom. The van der Waals surface area contributed by atoms with Crippen LogP contribution in [0.3, 0.4) is 0 Å². The van der Waals surface area contributed by atoms with Crippen LogP contribution in [0.4, 0.5) is 0 Å². The van der Waals surface area contributed by atoms with Gasteiger partial charge in [-0.15, -0.1) is 0 Å². The first kappa shape index (κ1) is 16.8. The van der Waals surface area contributed by atoms with Crippen LogP contribution in [0.2, 0.25) is 0 Å². The summed E-state index contributed by atoms with van der Waals surface area (Å²) in [7, 11) is 1.87. The van der Waals surface area contributed by atoms with Gasteiger partial charge in [0.15, 0.2) is 0 Å². The zero-order valence-corrected chi connectivity index (χ0v) is 13.8. The molecule has 1 atom stereocenters. The van der Waals surface area contributed by atoms with Crippen molar-refractivity contribution in [3.05, 3.63) is 29.8 Å². The molecule has 1 heterocycles. The van der Waals surface area contributed by atoms with E-state index in [1.54, 1.807) is 4.90 Å². The van der Waals surface area contributed by atoms with Crippen molar-refractivity contribution < 1.29 is 9.53 Å². The first-order valence-corrected chi connectivity index (χ1v) is 8.00. The van der Waals surface area contributed by atoms with Gasteiger partial charge in [-0.05, 0) is 31.5 Å². The summed E-state index contributed by atoms with van der Waals surface area (Å²) >= 11 is 0. The number of piperazine rings is 1. The first-order valence-electron chi connectivity index (χ1n) is 8.00. The number of hydrogen-bond donors (Lipinski definition) is 1. The summed E-state index contributed by atoms with van der Waals surface area (Å²) in [6.45, 7) is 8.77. The molecule has 1 aromatic carbocycles. The maximum Gasteiger partial charge on any atom is 0.236 e. The predicted octanol–water partition coefficient (Wildman–Crippen LogP) is 1.34. The highest BCUT2D eigenvalue weighted by Gasteiger charge is 2.21. The van der Waals surface area contributed by atoms with Crippen molar-refractivity contribution in [3.63, 3.8) is 0 Å². The summed E-state index contributed by atoms with van der Waals surface area (Å²) < 4.78 is 5.43. The van der Waals surface area contributed by atoms with Crippen LogP contribution >= 0.6 is 0 Å². The zero-order chi connectivity index (χ0) is 15.9. The molecule has 5 nitrogen and oxygen atoms in total. The minimum atomic E-state index is 0.169. The Morgan fingerprint density at radius 3 is 2.77 bits per heavy atom. The molecule has 0 spiro atoms. The summed E-state index contributed by atoms with van der Waals surface area (Å²) in [5, 5.41) is 3.34. The molecule has 1 N–H and O–H groups in total. The molecular weight excluding hydrogens is 278 g/mol. The average molecular weight is 305 g/mol. The lowest BCUT2D eigenvalue weighted by Gasteiger charge is -2.34. The maximum atomic E-state index is 12.4. The highest BCUT2D eigenvalue weighted by atomic mass is 16.5. The van der Waals surface area contributed by atoms with E-state index >= 15 is 0 Å². The standard InChI is InChI=1S/C17H27N3O2/c1-4-22-16-7-5-15(6-8-16)12-19(3)17(21)13-20-10-9-18-11-14(20)2/h5-8,14,18H,4,9-13H2,1-3H3/t14-/m1/s1. The third-order valence-electron chi connectivity index (χ3n) is 4.06. The highest BCUT2D eigenvalue weighted by Crippen LogP contribution is 2.13. The van der Waals surface area contributed by atoms with E-state index in [1.807, 2.05) is 38.2 Å². The zero-order valence-electron chi connectivity index (χ0n) is 13.8. The molecule has 0 bridgehead atoms. The van der Waals surface area contributed by atoms with Gasteiger partial charge in [0.1, 0.15) is 5.75 Å². The quantitative estimate of drug-likeness (QED) is 0.861. The van der Waals surface area contributed by atoms with Gasteiger partial charge >= 0.3 is 0 Å². The second kappa shape index (κ2) is 8.15. The molecule has 122 valence electrons. The number of likely N-dealkylation sites (N-methyl/N-ethyl adjacent to an activating group) is 1. The first-order chi connectivity index (χ1) is 10.6. The summed E-state index contributed by atoms with van der Waals surface area (Å²) in [4.78, 5) is 16.4. The summed E-state index contributed by atoms with van der Waals surface area (Å²) in [5.41, 5.74) is 1.12. The van der Waals surface area contributed by atoms with E-state index in [0.717, 1.165) is 30.9 Å². The van der Waals surface area contributed by atoms with Crippen molar-refractivity contribution in [1.82, 2.24) is 15.1 Å². The lowest BCUT2D eigenvalue weighted by atomic mass is 10.2. The number of nitrogens with one attached hydrogen (secondary N) is 1. The van der Waals surface area contributed by atoms with Gasteiger partial charge in [0.25, 0.3) is 0 Å². The Labute approximate surface area is 133 Å². The molecule has 0 aromatic heterocycles. The van der Waals surface area contributed by atoms with Crippen LogP contribution in [-0.2, 0) is 11.3 Å². The number of rotatable bonds is 6. The maximum absolute atomic E-state index is 12.4. The molecule has 1 aromatic rings. The third-order valence-corrected chi connectivity index (χ3v) is 4.06. The van der Waals surface area contributed by atoms with Crippen molar-refractivity contribution in [2.45, 2.75) is 26.4 Å². The number of amides is 1. The van der Waals surface area contributed by atoms with E-state index in [0.29, 0.717) is 25.7 Å². The lowest BCUT2D eigenvalue weighted by Crippen LogP contribution is -2.52. The molecule has 22 heavy (non-hydrogen) atoms. The van der Waals surface area contributed by atoms with Crippen molar-refractivity contribution in [2.75, 3.05) is 39.8 Å². The third kappa shape index (κ3) is 4.71. The van der Waals surface area contributed by atoms with Gasteiger partial charge in [-0.25, -0.2) is 0 Å². The van der Waals surface area contributed by atoms with E-state index in [2.05, 4.69) is 17.1 Å². The van der Waals surface area contributed by atoms with Crippen LogP contribution in [0.5, 0.6) is 5.75 Å². The van der Waals surface area contributed by atoms with Crippen molar-refractivity contribution >= 4 is 5.91 Å². The second-order valence-electron chi connectivity index (χ2n) is 5.85. The van der Waals surface area contributed by atoms with Gasteiger partial charge in [-0.2, -0.15) is 0 Å².